The van der Waals surface area contributed by atoms with Crippen molar-refractivity contribution in [2.75, 3.05) is 5.75 Å². The number of hydrogen-bond donors (Lipinski definition) is 1. The Bertz CT molecular complexity index is 946. The van der Waals surface area contributed by atoms with E-state index < -0.39 is 6.04 Å². The quantitative estimate of drug-likeness (QED) is 0.575. The van der Waals surface area contributed by atoms with Crippen molar-refractivity contribution in [3.8, 4) is 0 Å². The van der Waals surface area contributed by atoms with Crippen LogP contribution in [-0.4, -0.2) is 21.2 Å². The average Bonchev–Trinajstić information content (AvgIpc) is 3.07. The zero-order chi connectivity index (χ0) is 19.4. The highest BCUT2D eigenvalue weighted by Crippen LogP contribution is 2.30. The summed E-state index contributed by atoms with van der Waals surface area (Å²) in [5, 5.41) is 4.05. The number of thioether (sulfide) groups is 1. The van der Waals surface area contributed by atoms with Gasteiger partial charge in [0.2, 0.25) is 5.91 Å². The summed E-state index contributed by atoms with van der Waals surface area (Å²) in [6.07, 6.45) is 3.44. The van der Waals surface area contributed by atoms with E-state index in [-0.39, 0.29) is 17.5 Å². The molecule has 1 unspecified atom stereocenters. The van der Waals surface area contributed by atoms with Crippen molar-refractivity contribution in [3.63, 3.8) is 0 Å². The van der Waals surface area contributed by atoms with Crippen molar-refractivity contribution in [2.45, 2.75) is 10.9 Å². The van der Waals surface area contributed by atoms with Crippen molar-refractivity contribution in [1.29, 1.82) is 0 Å². The van der Waals surface area contributed by atoms with E-state index in [0.29, 0.717) is 15.9 Å². The molecular formula is C19H16Cl2FN3OS. The van der Waals surface area contributed by atoms with Gasteiger partial charge in [0.15, 0.2) is 0 Å². The fourth-order valence-corrected chi connectivity index (χ4v) is 3.85. The topological polar surface area (TPSA) is 46.9 Å². The Morgan fingerprint density at radius 3 is 2.67 bits per heavy atom. The number of benzene rings is 2. The Morgan fingerprint density at radius 2 is 2.00 bits per heavy atom. The van der Waals surface area contributed by atoms with E-state index in [1.807, 2.05) is 11.6 Å². The lowest BCUT2D eigenvalue weighted by Gasteiger charge is -2.19. The van der Waals surface area contributed by atoms with Gasteiger partial charge in [0.25, 0.3) is 0 Å². The van der Waals surface area contributed by atoms with E-state index in [4.69, 9.17) is 23.2 Å². The molecular weight excluding hydrogens is 408 g/mol. The van der Waals surface area contributed by atoms with Crippen LogP contribution in [0.3, 0.4) is 0 Å². The van der Waals surface area contributed by atoms with Gasteiger partial charge in [-0.2, -0.15) is 0 Å². The predicted molar refractivity (Wildman–Crippen MR) is 107 cm³/mol. The molecule has 3 rings (SSSR count). The summed E-state index contributed by atoms with van der Waals surface area (Å²) < 4.78 is 15.1. The molecule has 0 fully saturated rings. The van der Waals surface area contributed by atoms with Crippen LogP contribution in [0.1, 0.15) is 17.4 Å². The third-order valence-corrected chi connectivity index (χ3v) is 5.61. The van der Waals surface area contributed by atoms with Crippen LogP contribution < -0.4 is 5.32 Å². The Balaban J connectivity index is 1.75. The number of amides is 1. The molecule has 1 aromatic heterocycles. The van der Waals surface area contributed by atoms with Crippen LogP contribution in [0.25, 0.3) is 0 Å². The second kappa shape index (κ2) is 8.78. The van der Waals surface area contributed by atoms with E-state index in [1.54, 1.807) is 42.7 Å². The molecule has 140 valence electrons. The second-order valence-corrected chi connectivity index (χ2v) is 7.67. The first-order valence-corrected chi connectivity index (χ1v) is 9.78. The maximum atomic E-state index is 13.3. The number of rotatable bonds is 6. The Labute approximate surface area is 170 Å². The molecule has 2 aromatic carbocycles. The number of nitrogens with zero attached hydrogens (tertiary/aromatic N) is 2. The molecule has 0 aliphatic rings. The minimum absolute atomic E-state index is 0.155. The van der Waals surface area contributed by atoms with Gasteiger partial charge in [-0.05, 0) is 35.9 Å². The molecule has 27 heavy (non-hydrogen) atoms. The summed E-state index contributed by atoms with van der Waals surface area (Å²) in [4.78, 5) is 17.6. The Kier molecular flexibility index (Phi) is 6.42. The fraction of sp³-hybridized carbons (Fsp3) is 0.158. The molecule has 1 heterocycles. The highest BCUT2D eigenvalue weighted by molar-refractivity contribution is 8.00. The molecule has 0 saturated heterocycles. The first-order valence-electron chi connectivity index (χ1n) is 8.04. The number of hydrogen-bond acceptors (Lipinski definition) is 3. The molecule has 0 aliphatic heterocycles. The van der Waals surface area contributed by atoms with Crippen LogP contribution in [0.2, 0.25) is 10.0 Å². The highest BCUT2D eigenvalue weighted by Gasteiger charge is 2.21. The number of aryl methyl sites for hydroxylation is 1. The number of carbonyl (C=O) groups excluding carboxylic acids is 1. The van der Waals surface area contributed by atoms with E-state index in [2.05, 4.69) is 10.3 Å². The van der Waals surface area contributed by atoms with E-state index in [1.165, 1.54) is 23.9 Å². The molecule has 0 aliphatic carbocycles. The number of halogens is 3. The van der Waals surface area contributed by atoms with Crippen molar-refractivity contribution in [1.82, 2.24) is 14.9 Å². The summed E-state index contributed by atoms with van der Waals surface area (Å²) in [6.45, 7) is 0. The third kappa shape index (κ3) is 5.03. The van der Waals surface area contributed by atoms with Gasteiger partial charge in [0.1, 0.15) is 17.7 Å². The minimum atomic E-state index is -0.492. The average molecular weight is 424 g/mol. The zero-order valence-electron chi connectivity index (χ0n) is 14.3. The Morgan fingerprint density at radius 1 is 1.26 bits per heavy atom. The lowest BCUT2D eigenvalue weighted by atomic mass is 10.1. The van der Waals surface area contributed by atoms with Gasteiger partial charge in [-0.1, -0.05) is 35.3 Å². The smallest absolute Gasteiger partial charge is 0.231 e. The van der Waals surface area contributed by atoms with Crippen LogP contribution >= 0.6 is 35.0 Å². The number of carbonyl (C=O) groups is 1. The molecule has 1 N–H and O–H groups in total. The van der Waals surface area contributed by atoms with Crippen molar-refractivity contribution in [3.05, 3.63) is 82.1 Å². The second-order valence-electron chi connectivity index (χ2n) is 5.81. The highest BCUT2D eigenvalue weighted by atomic mass is 35.5. The standard InChI is InChI=1S/C19H16Cl2FN3OS/c1-25-9-8-23-19(25)18(12-2-5-14(22)6-3-12)24-17(26)11-27-16-10-13(20)4-7-15(16)21/h2-10,18H,11H2,1H3,(H,24,26). The van der Waals surface area contributed by atoms with E-state index >= 15 is 0 Å². The minimum Gasteiger partial charge on any atom is -0.341 e. The summed E-state index contributed by atoms with van der Waals surface area (Å²) in [7, 11) is 1.84. The van der Waals surface area contributed by atoms with Gasteiger partial charge in [-0.25, -0.2) is 9.37 Å². The van der Waals surface area contributed by atoms with Gasteiger partial charge < -0.3 is 9.88 Å². The molecule has 0 radical (unpaired) electrons. The lowest BCUT2D eigenvalue weighted by Crippen LogP contribution is -2.32. The summed E-state index contributed by atoms with van der Waals surface area (Å²) in [5.41, 5.74) is 0.741. The lowest BCUT2D eigenvalue weighted by molar-refractivity contribution is -0.119. The molecule has 0 bridgehead atoms. The van der Waals surface area contributed by atoms with Crippen molar-refractivity contribution < 1.29 is 9.18 Å². The zero-order valence-corrected chi connectivity index (χ0v) is 16.7. The predicted octanol–water partition coefficient (Wildman–Crippen LogP) is 4.86. The molecule has 4 nitrogen and oxygen atoms in total. The maximum Gasteiger partial charge on any atom is 0.231 e. The number of imidazole rings is 1. The van der Waals surface area contributed by atoms with Crippen molar-refractivity contribution >= 4 is 40.9 Å². The van der Waals surface area contributed by atoms with Crippen molar-refractivity contribution in [2.24, 2.45) is 7.05 Å². The van der Waals surface area contributed by atoms with E-state index in [0.717, 1.165) is 10.5 Å². The molecule has 0 spiro atoms. The van der Waals surface area contributed by atoms with Gasteiger partial charge in [0, 0.05) is 29.4 Å². The summed E-state index contributed by atoms with van der Waals surface area (Å²) in [5.74, 6) is 0.270. The molecule has 8 heteroatoms. The molecule has 3 aromatic rings. The first-order chi connectivity index (χ1) is 12.9. The molecule has 0 saturated carbocycles. The normalized spacial score (nSPS) is 12.0. The fourth-order valence-electron chi connectivity index (χ4n) is 2.54. The first kappa shape index (κ1) is 19.7. The molecule has 1 amide bonds. The largest absolute Gasteiger partial charge is 0.341 e. The van der Waals surface area contributed by atoms with Crippen LogP contribution in [0.15, 0.2) is 59.8 Å². The van der Waals surface area contributed by atoms with Crippen LogP contribution in [0, 0.1) is 5.82 Å². The maximum absolute atomic E-state index is 13.3. The van der Waals surface area contributed by atoms with Gasteiger partial charge >= 0.3 is 0 Å². The van der Waals surface area contributed by atoms with Crippen LogP contribution in [-0.2, 0) is 11.8 Å². The summed E-state index contributed by atoms with van der Waals surface area (Å²) in [6, 6.07) is 10.6. The van der Waals surface area contributed by atoms with Gasteiger partial charge in [-0.15, -0.1) is 11.8 Å². The summed E-state index contributed by atoms with van der Waals surface area (Å²) >= 11 is 13.4. The van der Waals surface area contributed by atoms with E-state index in [9.17, 15) is 9.18 Å². The molecule has 1 atom stereocenters. The van der Waals surface area contributed by atoms with Gasteiger partial charge in [-0.3, -0.25) is 4.79 Å². The van der Waals surface area contributed by atoms with Gasteiger partial charge in [0.05, 0.1) is 10.8 Å². The third-order valence-electron chi connectivity index (χ3n) is 3.88. The van der Waals surface area contributed by atoms with Crippen LogP contribution in [0.4, 0.5) is 4.39 Å². The number of aromatic nitrogens is 2. The SMILES string of the molecule is Cn1ccnc1C(NC(=O)CSc1cc(Cl)ccc1Cl)c1ccc(F)cc1. The number of nitrogens with one attached hydrogen (secondary N) is 1. The monoisotopic (exact) mass is 423 g/mol. The van der Waals surface area contributed by atoms with Crippen LogP contribution in [0.5, 0.6) is 0 Å². The Hall–Kier alpha value is -2.02.